The summed E-state index contributed by atoms with van der Waals surface area (Å²) in [6.07, 6.45) is 1.74. The van der Waals surface area contributed by atoms with Gasteiger partial charge in [0, 0.05) is 56.6 Å². The number of hydrogen-bond acceptors (Lipinski definition) is 7. The van der Waals surface area contributed by atoms with Crippen LogP contribution in [-0.4, -0.2) is 60.7 Å². The minimum Gasteiger partial charge on any atom is -0.392 e. The van der Waals surface area contributed by atoms with Gasteiger partial charge in [0.05, 0.1) is 32.0 Å². The zero-order chi connectivity index (χ0) is 32.1. The summed E-state index contributed by atoms with van der Waals surface area (Å²) in [5, 5.41) is 12.6. The van der Waals surface area contributed by atoms with Crippen molar-refractivity contribution in [1.29, 1.82) is 0 Å². The maximum atomic E-state index is 12.6. The second-order valence-electron chi connectivity index (χ2n) is 12.6. The van der Waals surface area contributed by atoms with E-state index in [9.17, 15) is 9.90 Å². The quantitative estimate of drug-likeness (QED) is 0.228. The number of rotatable bonds is 9. The van der Waals surface area contributed by atoms with E-state index in [-0.39, 0.29) is 24.7 Å². The third-order valence-electron chi connectivity index (χ3n) is 9.42. The number of amides is 1. The van der Waals surface area contributed by atoms with Crippen LogP contribution in [0.1, 0.15) is 64.3 Å². The molecule has 0 aromatic heterocycles. The summed E-state index contributed by atoms with van der Waals surface area (Å²) in [5.74, 6) is -0.499. The second kappa shape index (κ2) is 14.5. The molecular formula is C39H42N2O6. The van der Waals surface area contributed by atoms with Crippen LogP contribution in [0.2, 0.25) is 0 Å². The number of nitrogens with zero attached hydrogens (tertiary/aromatic N) is 1. The Balaban J connectivity index is 1.07. The van der Waals surface area contributed by atoms with Gasteiger partial charge in [-0.25, -0.2) is 0 Å². The number of carbonyl (C=O) groups excluding carboxylic acids is 1. The van der Waals surface area contributed by atoms with Crippen molar-refractivity contribution >= 4 is 5.91 Å². The normalized spacial score (nSPS) is 22.7. The van der Waals surface area contributed by atoms with Crippen molar-refractivity contribution in [3.63, 3.8) is 0 Å². The maximum Gasteiger partial charge on any atom is 0.251 e. The molecule has 244 valence electrons. The number of ether oxygens (including phenoxy) is 4. The molecule has 3 saturated heterocycles. The lowest BCUT2D eigenvalue weighted by molar-refractivity contribution is -0.255. The molecule has 8 heteroatoms. The van der Waals surface area contributed by atoms with Gasteiger partial charge in [0.15, 0.2) is 12.1 Å². The molecule has 8 nitrogen and oxygen atoms in total. The molecule has 7 rings (SSSR count). The highest BCUT2D eigenvalue weighted by molar-refractivity contribution is 5.94. The fourth-order valence-electron chi connectivity index (χ4n) is 6.78. The summed E-state index contributed by atoms with van der Waals surface area (Å²) in [4.78, 5) is 15.1. The topological polar surface area (TPSA) is 89.5 Å². The van der Waals surface area contributed by atoms with Crippen molar-refractivity contribution in [2.24, 2.45) is 0 Å². The molecule has 0 saturated carbocycles. The Morgan fingerprint density at radius 3 is 2.26 bits per heavy atom. The van der Waals surface area contributed by atoms with E-state index >= 15 is 0 Å². The highest BCUT2D eigenvalue weighted by Crippen LogP contribution is 2.40. The van der Waals surface area contributed by atoms with E-state index < -0.39 is 12.1 Å². The van der Waals surface area contributed by atoms with Crippen LogP contribution in [0.3, 0.4) is 0 Å². The lowest BCUT2D eigenvalue weighted by Crippen LogP contribution is -2.48. The van der Waals surface area contributed by atoms with Crippen LogP contribution in [0, 0.1) is 0 Å². The van der Waals surface area contributed by atoms with Crippen molar-refractivity contribution in [2.45, 2.75) is 56.7 Å². The highest BCUT2D eigenvalue weighted by atomic mass is 16.7. The molecule has 47 heavy (non-hydrogen) atoms. The number of likely N-dealkylation sites (tertiary alicyclic amines) is 1. The van der Waals surface area contributed by atoms with Gasteiger partial charge in [-0.15, -0.1) is 0 Å². The fraction of sp³-hybridized carbons (Fsp3) is 0.359. The molecule has 1 spiro atoms. The van der Waals surface area contributed by atoms with Gasteiger partial charge in [0.2, 0.25) is 0 Å². The van der Waals surface area contributed by atoms with E-state index in [0.29, 0.717) is 25.3 Å². The largest absolute Gasteiger partial charge is 0.392 e. The van der Waals surface area contributed by atoms with Crippen LogP contribution < -0.4 is 5.32 Å². The number of aliphatic hydroxyl groups excluding tert-OH is 1. The first-order valence-corrected chi connectivity index (χ1v) is 16.6. The van der Waals surface area contributed by atoms with Crippen molar-refractivity contribution < 1.29 is 28.8 Å². The summed E-state index contributed by atoms with van der Waals surface area (Å²) < 4.78 is 25.3. The average molecular weight is 635 g/mol. The van der Waals surface area contributed by atoms with Crippen LogP contribution in [0.15, 0.2) is 103 Å². The predicted octanol–water partition coefficient (Wildman–Crippen LogP) is 6.16. The molecule has 3 aliphatic rings. The molecule has 2 N–H and O–H groups in total. The SMILES string of the molecule is O=C(NCc1cccc(-c2cccc(C3OC(CN4CCC5(CC4)OCCO5)CC(c4ccc(CO)cc4)O3)c2)c1)c1ccccc1. The maximum absolute atomic E-state index is 12.6. The van der Waals surface area contributed by atoms with Crippen LogP contribution in [0.25, 0.3) is 11.1 Å². The Labute approximate surface area is 276 Å². The molecule has 3 fully saturated rings. The second-order valence-corrected chi connectivity index (χ2v) is 12.6. The molecule has 3 atom stereocenters. The van der Waals surface area contributed by atoms with Gasteiger partial charge in [-0.3, -0.25) is 4.79 Å². The zero-order valence-corrected chi connectivity index (χ0v) is 26.6. The molecule has 1 amide bonds. The lowest BCUT2D eigenvalue weighted by Gasteiger charge is -2.41. The summed E-state index contributed by atoms with van der Waals surface area (Å²) in [5.41, 5.74) is 6.68. The van der Waals surface area contributed by atoms with E-state index in [1.54, 1.807) is 0 Å². The first-order chi connectivity index (χ1) is 23.1. The van der Waals surface area contributed by atoms with Crippen LogP contribution in [0.5, 0.6) is 0 Å². The molecule has 4 aromatic rings. The third-order valence-corrected chi connectivity index (χ3v) is 9.42. The number of aliphatic hydroxyl groups is 1. The Bertz CT molecular complexity index is 1630. The van der Waals surface area contributed by atoms with E-state index in [1.165, 1.54) is 0 Å². The van der Waals surface area contributed by atoms with Gasteiger partial charge in [0.25, 0.3) is 5.91 Å². The zero-order valence-electron chi connectivity index (χ0n) is 26.6. The van der Waals surface area contributed by atoms with Crippen molar-refractivity contribution in [1.82, 2.24) is 10.2 Å². The number of benzene rings is 4. The standard InChI is InChI=1S/C39H42N2O6/c42-27-28-12-14-30(15-13-28)36-24-35(26-41-18-16-39(17-19-41)44-20-21-45-39)46-38(47-36)34-11-5-10-33(23-34)32-9-4-6-29(22-32)25-40-37(43)31-7-2-1-3-8-31/h1-15,22-23,35-36,38,42H,16-21,24-27H2,(H,40,43). The highest BCUT2D eigenvalue weighted by Gasteiger charge is 2.41. The van der Waals surface area contributed by atoms with Crippen LogP contribution >= 0.6 is 0 Å². The molecule has 3 unspecified atom stereocenters. The van der Waals surface area contributed by atoms with Crippen molar-refractivity contribution in [2.75, 3.05) is 32.8 Å². The van der Waals surface area contributed by atoms with Crippen molar-refractivity contribution in [3.05, 3.63) is 131 Å². The first-order valence-electron chi connectivity index (χ1n) is 16.6. The summed E-state index contributed by atoms with van der Waals surface area (Å²) in [6.45, 7) is 4.41. The Hall–Kier alpha value is -3.89. The van der Waals surface area contributed by atoms with E-state index in [2.05, 4.69) is 40.5 Å². The van der Waals surface area contributed by atoms with Gasteiger partial charge >= 0.3 is 0 Å². The van der Waals surface area contributed by atoms with Gasteiger partial charge in [-0.2, -0.15) is 0 Å². The van der Waals surface area contributed by atoms with E-state index in [4.69, 9.17) is 18.9 Å². The lowest BCUT2D eigenvalue weighted by atomic mass is 9.97. The number of carbonyl (C=O) groups is 1. The fourth-order valence-corrected chi connectivity index (χ4v) is 6.78. The molecule has 0 bridgehead atoms. The van der Waals surface area contributed by atoms with Gasteiger partial charge in [-0.1, -0.05) is 78.9 Å². The van der Waals surface area contributed by atoms with Gasteiger partial charge in [0.1, 0.15) is 0 Å². The minimum absolute atomic E-state index is 0.0113. The van der Waals surface area contributed by atoms with Gasteiger partial charge < -0.3 is 34.3 Å². The third kappa shape index (κ3) is 7.65. The van der Waals surface area contributed by atoms with E-state index in [0.717, 1.165) is 72.3 Å². The molecule has 4 aromatic carbocycles. The summed E-state index contributed by atoms with van der Waals surface area (Å²) in [7, 11) is 0. The number of nitrogens with one attached hydrogen (secondary N) is 1. The average Bonchev–Trinajstić information content (AvgIpc) is 3.60. The number of piperidine rings is 1. The molecule has 3 heterocycles. The molecule has 3 aliphatic heterocycles. The smallest absolute Gasteiger partial charge is 0.251 e. The van der Waals surface area contributed by atoms with Crippen LogP contribution in [0.4, 0.5) is 0 Å². The van der Waals surface area contributed by atoms with Gasteiger partial charge in [-0.05, 0) is 52.1 Å². The molecule has 0 aliphatic carbocycles. The monoisotopic (exact) mass is 634 g/mol. The molecule has 0 radical (unpaired) electrons. The minimum atomic E-state index is -0.540. The van der Waals surface area contributed by atoms with Crippen LogP contribution in [-0.2, 0) is 32.1 Å². The summed E-state index contributed by atoms with van der Waals surface area (Å²) >= 11 is 0. The Morgan fingerprint density at radius 2 is 1.51 bits per heavy atom. The molecular weight excluding hydrogens is 592 g/mol. The number of hydrogen-bond donors (Lipinski definition) is 2. The Morgan fingerprint density at radius 1 is 0.787 bits per heavy atom. The Kier molecular flexibility index (Phi) is 9.76. The van der Waals surface area contributed by atoms with E-state index in [1.807, 2.05) is 72.8 Å². The van der Waals surface area contributed by atoms with Crippen molar-refractivity contribution in [3.8, 4) is 11.1 Å². The summed E-state index contributed by atoms with van der Waals surface area (Å²) in [6, 6.07) is 33.8. The predicted molar refractivity (Wildman–Crippen MR) is 178 cm³/mol. The first kappa shape index (κ1) is 31.7.